The van der Waals surface area contributed by atoms with Crippen molar-refractivity contribution in [1.29, 1.82) is 0 Å². The molecule has 2 aromatic carbocycles. The second-order valence-electron chi connectivity index (χ2n) is 6.23. The van der Waals surface area contributed by atoms with Crippen molar-refractivity contribution in [2.75, 3.05) is 5.32 Å². The smallest absolute Gasteiger partial charge is 0.320 e. The number of nitrogens with zero attached hydrogens (tertiary/aromatic N) is 3. The Kier molecular flexibility index (Phi) is 4.73. The summed E-state index contributed by atoms with van der Waals surface area (Å²) in [6.07, 6.45) is -3.75. The standard InChI is InChI=1S/C19H11BrF4N4O/c20-12-3-1-2-11(8-12)15-14(16(29)10-4-6-13(21)7-5-10)17(19(22,23)24)27-18-25-9-26-28(15)18/h1-9,15H,(H,25,26,27)/t15-/m0/s1. The fourth-order valence-electron chi connectivity index (χ4n) is 3.17. The monoisotopic (exact) mass is 466 g/mol. The number of Topliss-reactive ketones (excluding diaryl/α,β-unsaturated/α-hetero) is 1. The molecule has 1 aliphatic heterocycles. The van der Waals surface area contributed by atoms with Gasteiger partial charge >= 0.3 is 6.18 Å². The summed E-state index contributed by atoms with van der Waals surface area (Å²) in [7, 11) is 0. The zero-order valence-corrected chi connectivity index (χ0v) is 16.0. The minimum atomic E-state index is -4.85. The largest absolute Gasteiger partial charge is 0.431 e. The molecule has 0 fully saturated rings. The van der Waals surface area contributed by atoms with E-state index >= 15 is 0 Å². The minimum Gasteiger partial charge on any atom is -0.320 e. The molecule has 29 heavy (non-hydrogen) atoms. The van der Waals surface area contributed by atoms with Crippen molar-refractivity contribution < 1.29 is 22.4 Å². The molecule has 1 aromatic heterocycles. The number of nitrogens with one attached hydrogen (secondary N) is 1. The van der Waals surface area contributed by atoms with E-state index in [4.69, 9.17) is 0 Å². The van der Waals surface area contributed by atoms with Crippen LogP contribution in [0.5, 0.6) is 0 Å². The zero-order valence-electron chi connectivity index (χ0n) is 14.4. The quantitative estimate of drug-likeness (QED) is 0.440. The van der Waals surface area contributed by atoms with E-state index in [9.17, 15) is 22.4 Å². The molecular weight excluding hydrogens is 456 g/mol. The Morgan fingerprint density at radius 1 is 1.14 bits per heavy atom. The average molecular weight is 467 g/mol. The summed E-state index contributed by atoms with van der Waals surface area (Å²) < 4.78 is 56.8. The first-order valence-corrected chi connectivity index (χ1v) is 9.08. The summed E-state index contributed by atoms with van der Waals surface area (Å²) in [4.78, 5) is 17.0. The highest BCUT2D eigenvalue weighted by Crippen LogP contribution is 2.42. The molecule has 0 bridgehead atoms. The van der Waals surface area contributed by atoms with E-state index in [-0.39, 0.29) is 11.5 Å². The van der Waals surface area contributed by atoms with Crippen LogP contribution >= 0.6 is 15.9 Å². The lowest BCUT2D eigenvalue weighted by atomic mass is 9.89. The fourth-order valence-corrected chi connectivity index (χ4v) is 3.59. The Labute approximate surface area is 170 Å². The number of benzene rings is 2. The Bertz CT molecular complexity index is 1120. The summed E-state index contributed by atoms with van der Waals surface area (Å²) in [5.41, 5.74) is -1.45. The number of anilines is 1. The number of carbonyl (C=O) groups excluding carboxylic acids is 1. The van der Waals surface area contributed by atoms with Crippen LogP contribution < -0.4 is 5.32 Å². The molecule has 0 saturated carbocycles. The number of hydrogen-bond donors (Lipinski definition) is 1. The summed E-state index contributed by atoms with van der Waals surface area (Å²) in [6.45, 7) is 0. The van der Waals surface area contributed by atoms with Crippen LogP contribution in [0.4, 0.5) is 23.5 Å². The first-order chi connectivity index (χ1) is 13.8. The van der Waals surface area contributed by atoms with Crippen molar-refractivity contribution >= 4 is 27.7 Å². The minimum absolute atomic E-state index is 0.0755. The van der Waals surface area contributed by atoms with Gasteiger partial charge in [0.2, 0.25) is 5.95 Å². The number of halogens is 5. The van der Waals surface area contributed by atoms with Crippen molar-refractivity contribution in [1.82, 2.24) is 14.8 Å². The molecule has 10 heteroatoms. The van der Waals surface area contributed by atoms with E-state index in [1.165, 1.54) is 4.68 Å². The van der Waals surface area contributed by atoms with Crippen molar-refractivity contribution in [3.8, 4) is 0 Å². The van der Waals surface area contributed by atoms with Gasteiger partial charge in [0, 0.05) is 10.0 Å². The molecule has 1 N–H and O–H groups in total. The topological polar surface area (TPSA) is 59.8 Å². The van der Waals surface area contributed by atoms with Crippen molar-refractivity contribution in [2.45, 2.75) is 12.2 Å². The van der Waals surface area contributed by atoms with Gasteiger partial charge in [0.25, 0.3) is 0 Å². The predicted octanol–water partition coefficient (Wildman–Crippen LogP) is 4.89. The van der Waals surface area contributed by atoms with Gasteiger partial charge in [0.1, 0.15) is 23.9 Å². The number of fused-ring (bicyclic) bond motifs is 1. The van der Waals surface area contributed by atoms with E-state index in [2.05, 4.69) is 31.3 Å². The number of allylic oxidation sites excluding steroid dienone is 2. The number of ketones is 1. The molecule has 0 saturated heterocycles. The van der Waals surface area contributed by atoms with E-state index in [1.54, 1.807) is 24.3 Å². The van der Waals surface area contributed by atoms with Crippen LogP contribution in [0, 0.1) is 5.82 Å². The second-order valence-corrected chi connectivity index (χ2v) is 7.15. The molecule has 3 aromatic rings. The molecule has 0 spiro atoms. The van der Waals surface area contributed by atoms with Crippen molar-refractivity contribution in [2.24, 2.45) is 0 Å². The van der Waals surface area contributed by atoms with Crippen LogP contribution in [0.15, 0.2) is 70.6 Å². The molecule has 1 aliphatic rings. The van der Waals surface area contributed by atoms with Crippen LogP contribution in [-0.2, 0) is 0 Å². The van der Waals surface area contributed by atoms with Crippen molar-refractivity contribution in [3.63, 3.8) is 0 Å². The van der Waals surface area contributed by atoms with Gasteiger partial charge in [0.15, 0.2) is 5.78 Å². The zero-order chi connectivity index (χ0) is 20.8. The number of alkyl halides is 3. The van der Waals surface area contributed by atoms with E-state index < -0.39 is 35.1 Å². The van der Waals surface area contributed by atoms with Gasteiger partial charge in [-0.25, -0.2) is 9.07 Å². The summed E-state index contributed by atoms with van der Waals surface area (Å²) >= 11 is 3.30. The molecule has 2 heterocycles. The maximum absolute atomic E-state index is 13.9. The number of hydrogen-bond acceptors (Lipinski definition) is 4. The van der Waals surface area contributed by atoms with Gasteiger partial charge in [-0.3, -0.25) is 4.79 Å². The molecule has 4 rings (SSSR count). The highest BCUT2D eigenvalue weighted by atomic mass is 79.9. The molecular formula is C19H11BrF4N4O. The third-order valence-corrected chi connectivity index (χ3v) is 4.89. The number of rotatable bonds is 3. The third kappa shape index (κ3) is 3.55. The first-order valence-electron chi connectivity index (χ1n) is 8.29. The number of carbonyl (C=O) groups is 1. The Morgan fingerprint density at radius 2 is 1.86 bits per heavy atom. The summed E-state index contributed by atoms with van der Waals surface area (Å²) in [6, 6.07) is 9.71. The lowest BCUT2D eigenvalue weighted by Gasteiger charge is -2.30. The third-order valence-electron chi connectivity index (χ3n) is 4.40. The molecule has 0 aliphatic carbocycles. The van der Waals surface area contributed by atoms with E-state index in [1.807, 2.05) is 0 Å². The van der Waals surface area contributed by atoms with E-state index in [0.29, 0.717) is 10.0 Å². The van der Waals surface area contributed by atoms with Crippen LogP contribution in [0.1, 0.15) is 22.0 Å². The molecule has 5 nitrogen and oxygen atoms in total. The Balaban J connectivity index is 1.97. The van der Waals surface area contributed by atoms with Gasteiger partial charge in [-0.1, -0.05) is 28.1 Å². The van der Waals surface area contributed by atoms with Gasteiger partial charge in [-0.05, 0) is 42.0 Å². The summed E-state index contributed by atoms with van der Waals surface area (Å²) in [5, 5.41) is 6.20. The van der Waals surface area contributed by atoms with Crippen molar-refractivity contribution in [3.05, 3.63) is 87.5 Å². The average Bonchev–Trinajstić information content (AvgIpc) is 3.14. The van der Waals surface area contributed by atoms with Gasteiger partial charge in [-0.2, -0.15) is 23.3 Å². The summed E-state index contributed by atoms with van der Waals surface area (Å²) in [5.74, 6) is -1.63. The maximum Gasteiger partial charge on any atom is 0.431 e. The number of aromatic nitrogens is 3. The van der Waals surface area contributed by atoms with E-state index in [0.717, 1.165) is 30.6 Å². The molecule has 0 radical (unpaired) electrons. The normalized spacial score (nSPS) is 16.4. The SMILES string of the molecule is O=C(C1=C(C(F)(F)F)Nc2ncnn2[C@H]1c1cccc(Br)c1)c1ccc(F)cc1. The molecule has 148 valence electrons. The van der Waals surface area contributed by atoms with Gasteiger partial charge < -0.3 is 5.32 Å². The fraction of sp³-hybridized carbons (Fsp3) is 0.105. The first kappa shape index (κ1) is 19.3. The highest BCUT2D eigenvalue weighted by Gasteiger charge is 2.46. The second kappa shape index (κ2) is 7.11. The van der Waals surface area contributed by atoms with Crippen LogP contribution in [-0.4, -0.2) is 26.7 Å². The molecule has 1 atom stereocenters. The Morgan fingerprint density at radius 3 is 2.52 bits per heavy atom. The molecule has 0 amide bonds. The highest BCUT2D eigenvalue weighted by molar-refractivity contribution is 9.10. The maximum atomic E-state index is 13.9. The van der Waals surface area contributed by atoms with Gasteiger partial charge in [-0.15, -0.1) is 0 Å². The lowest BCUT2D eigenvalue weighted by molar-refractivity contribution is -0.0918. The lowest BCUT2D eigenvalue weighted by Crippen LogP contribution is -2.35. The van der Waals surface area contributed by atoms with Crippen LogP contribution in [0.3, 0.4) is 0 Å². The van der Waals surface area contributed by atoms with Gasteiger partial charge in [0.05, 0.1) is 5.57 Å². The predicted molar refractivity (Wildman–Crippen MR) is 99.7 cm³/mol. The molecule has 0 unspecified atom stereocenters. The van der Waals surface area contributed by atoms with Crippen LogP contribution in [0.25, 0.3) is 0 Å². The Hall–Kier alpha value is -3.01. The van der Waals surface area contributed by atoms with Crippen LogP contribution in [0.2, 0.25) is 0 Å².